The van der Waals surface area contributed by atoms with Crippen LogP contribution in [0.15, 0.2) is 24.3 Å². The van der Waals surface area contributed by atoms with E-state index in [1.807, 2.05) is 24.3 Å². The van der Waals surface area contributed by atoms with Crippen molar-refractivity contribution >= 4 is 5.91 Å². The Labute approximate surface area is 114 Å². The van der Waals surface area contributed by atoms with Crippen molar-refractivity contribution in [2.75, 3.05) is 26.9 Å². The van der Waals surface area contributed by atoms with Crippen LogP contribution in [0.1, 0.15) is 18.9 Å². The molecule has 0 radical (unpaired) electrons. The van der Waals surface area contributed by atoms with Crippen molar-refractivity contribution < 1.29 is 14.3 Å². The topological polar surface area (TPSA) is 47.6 Å². The lowest BCUT2D eigenvalue weighted by molar-refractivity contribution is -0.118. The normalized spacial score (nSPS) is 9.37. The lowest BCUT2D eigenvalue weighted by atomic mass is 10.2. The van der Waals surface area contributed by atoms with Crippen LogP contribution in [0.4, 0.5) is 0 Å². The van der Waals surface area contributed by atoms with Gasteiger partial charge >= 0.3 is 0 Å². The first kappa shape index (κ1) is 15.1. The van der Waals surface area contributed by atoms with Crippen LogP contribution in [0.5, 0.6) is 5.75 Å². The summed E-state index contributed by atoms with van der Waals surface area (Å²) in [4.78, 5) is 10.6. The van der Waals surface area contributed by atoms with Crippen LogP contribution < -0.4 is 10.1 Å². The number of ether oxygens (including phenoxy) is 2. The number of hydrogen-bond acceptors (Lipinski definition) is 3. The van der Waals surface area contributed by atoms with Crippen molar-refractivity contribution in [2.45, 2.75) is 13.3 Å². The number of carbonyl (C=O) groups is 1. The monoisotopic (exact) mass is 261 g/mol. The van der Waals surface area contributed by atoms with Gasteiger partial charge in [-0.1, -0.05) is 11.8 Å². The maximum absolute atomic E-state index is 10.6. The minimum absolute atomic E-state index is 0.0284. The summed E-state index contributed by atoms with van der Waals surface area (Å²) in [6.45, 7) is 3.19. The van der Waals surface area contributed by atoms with Crippen molar-refractivity contribution in [3.05, 3.63) is 29.8 Å². The summed E-state index contributed by atoms with van der Waals surface area (Å²) in [5.41, 5.74) is 0.932. The highest BCUT2D eigenvalue weighted by molar-refractivity contribution is 5.72. The van der Waals surface area contributed by atoms with E-state index in [0.29, 0.717) is 26.2 Å². The summed E-state index contributed by atoms with van der Waals surface area (Å²) in [7, 11) is 1.64. The smallest absolute Gasteiger partial charge is 0.216 e. The minimum Gasteiger partial charge on any atom is -0.491 e. The van der Waals surface area contributed by atoms with Gasteiger partial charge in [0.15, 0.2) is 0 Å². The molecule has 0 aliphatic carbocycles. The number of methoxy groups -OCH3 is 1. The third kappa shape index (κ3) is 7.12. The molecule has 19 heavy (non-hydrogen) atoms. The van der Waals surface area contributed by atoms with Gasteiger partial charge in [0.25, 0.3) is 0 Å². The van der Waals surface area contributed by atoms with Crippen LogP contribution in [0, 0.1) is 11.8 Å². The fourth-order valence-corrected chi connectivity index (χ4v) is 1.34. The molecule has 1 aromatic carbocycles. The zero-order valence-electron chi connectivity index (χ0n) is 11.4. The zero-order valence-corrected chi connectivity index (χ0v) is 11.4. The maximum atomic E-state index is 10.6. The van der Waals surface area contributed by atoms with E-state index in [2.05, 4.69) is 17.2 Å². The standard InChI is InChI=1S/C15H19NO3/c1-13(17)16-10-4-3-5-14-6-8-15(9-7-14)19-12-11-18-2/h6-9H,4,10-12H2,1-2H3,(H,16,17). The number of benzene rings is 1. The van der Waals surface area contributed by atoms with Crippen LogP contribution >= 0.6 is 0 Å². The molecule has 1 amide bonds. The van der Waals surface area contributed by atoms with Crippen LogP contribution in [-0.2, 0) is 9.53 Å². The molecule has 0 heterocycles. The molecular formula is C15H19NO3. The summed E-state index contributed by atoms with van der Waals surface area (Å²) in [6.07, 6.45) is 0.645. The number of rotatable bonds is 6. The highest BCUT2D eigenvalue weighted by Crippen LogP contribution is 2.11. The molecule has 0 fully saturated rings. The molecule has 4 heteroatoms. The molecule has 1 aromatic rings. The Hall–Kier alpha value is -1.99. The largest absolute Gasteiger partial charge is 0.491 e. The lowest BCUT2D eigenvalue weighted by Crippen LogP contribution is -2.20. The molecule has 0 saturated heterocycles. The average Bonchev–Trinajstić information content (AvgIpc) is 2.40. The first-order valence-electron chi connectivity index (χ1n) is 6.17. The van der Waals surface area contributed by atoms with Crippen molar-refractivity contribution in [3.8, 4) is 17.6 Å². The molecule has 0 aliphatic heterocycles. The van der Waals surface area contributed by atoms with Gasteiger partial charge in [0, 0.05) is 32.6 Å². The summed E-state index contributed by atoms with van der Waals surface area (Å²) in [5, 5.41) is 2.70. The summed E-state index contributed by atoms with van der Waals surface area (Å²) in [5.74, 6) is 6.81. The Bertz CT molecular complexity index is 443. The molecule has 1 rings (SSSR count). The molecular weight excluding hydrogens is 242 g/mol. The van der Waals surface area contributed by atoms with Crippen LogP contribution in [0.3, 0.4) is 0 Å². The third-order valence-electron chi connectivity index (χ3n) is 2.27. The summed E-state index contributed by atoms with van der Waals surface area (Å²) in [6, 6.07) is 7.59. The second-order valence-electron chi connectivity index (χ2n) is 3.90. The van der Waals surface area contributed by atoms with Gasteiger partial charge in [-0.3, -0.25) is 4.79 Å². The number of hydrogen-bond donors (Lipinski definition) is 1. The maximum Gasteiger partial charge on any atom is 0.216 e. The number of amides is 1. The van der Waals surface area contributed by atoms with Crippen molar-refractivity contribution in [3.63, 3.8) is 0 Å². The summed E-state index contributed by atoms with van der Waals surface area (Å²) < 4.78 is 10.4. The van der Waals surface area contributed by atoms with E-state index in [1.165, 1.54) is 6.92 Å². The first-order chi connectivity index (χ1) is 9.22. The predicted octanol–water partition coefficient (Wildman–Crippen LogP) is 1.59. The van der Waals surface area contributed by atoms with Gasteiger partial charge in [-0.05, 0) is 24.3 Å². The van der Waals surface area contributed by atoms with Gasteiger partial charge in [-0.2, -0.15) is 0 Å². The highest BCUT2D eigenvalue weighted by Gasteiger charge is 1.93. The molecule has 102 valence electrons. The third-order valence-corrected chi connectivity index (χ3v) is 2.27. The lowest BCUT2D eigenvalue weighted by Gasteiger charge is -2.04. The second kappa shape index (κ2) is 9.01. The van der Waals surface area contributed by atoms with Crippen LogP contribution in [0.2, 0.25) is 0 Å². The molecule has 0 saturated carbocycles. The van der Waals surface area contributed by atoms with Gasteiger partial charge < -0.3 is 14.8 Å². The molecule has 0 spiro atoms. The molecule has 4 nitrogen and oxygen atoms in total. The average molecular weight is 261 g/mol. The van der Waals surface area contributed by atoms with Gasteiger partial charge in [0.05, 0.1) is 6.61 Å². The Morgan fingerprint density at radius 3 is 2.63 bits per heavy atom. The number of carbonyl (C=O) groups excluding carboxylic acids is 1. The molecule has 1 N–H and O–H groups in total. The van der Waals surface area contributed by atoms with E-state index in [9.17, 15) is 4.79 Å². The molecule has 0 aromatic heterocycles. The van der Waals surface area contributed by atoms with Gasteiger partial charge in [-0.25, -0.2) is 0 Å². The Kier molecular flexibility index (Phi) is 7.14. The van der Waals surface area contributed by atoms with E-state index >= 15 is 0 Å². The van der Waals surface area contributed by atoms with E-state index in [-0.39, 0.29) is 5.91 Å². The quantitative estimate of drug-likeness (QED) is 0.625. The highest BCUT2D eigenvalue weighted by atomic mass is 16.5. The number of nitrogens with one attached hydrogen (secondary N) is 1. The van der Waals surface area contributed by atoms with Crippen molar-refractivity contribution in [1.29, 1.82) is 0 Å². The van der Waals surface area contributed by atoms with E-state index in [0.717, 1.165) is 11.3 Å². The summed E-state index contributed by atoms with van der Waals surface area (Å²) >= 11 is 0. The SMILES string of the molecule is COCCOc1ccc(C#CCCNC(C)=O)cc1. The van der Waals surface area contributed by atoms with Crippen molar-refractivity contribution in [1.82, 2.24) is 5.32 Å². The first-order valence-corrected chi connectivity index (χ1v) is 6.17. The Morgan fingerprint density at radius 2 is 2.00 bits per heavy atom. The molecule has 0 atom stereocenters. The fourth-order valence-electron chi connectivity index (χ4n) is 1.34. The van der Waals surface area contributed by atoms with E-state index in [4.69, 9.17) is 9.47 Å². The van der Waals surface area contributed by atoms with E-state index in [1.54, 1.807) is 7.11 Å². The zero-order chi connectivity index (χ0) is 13.9. The fraction of sp³-hybridized carbons (Fsp3) is 0.400. The van der Waals surface area contributed by atoms with E-state index < -0.39 is 0 Å². The predicted molar refractivity (Wildman–Crippen MR) is 74.0 cm³/mol. The second-order valence-corrected chi connectivity index (χ2v) is 3.90. The van der Waals surface area contributed by atoms with Gasteiger partial charge in [0.1, 0.15) is 12.4 Å². The molecule has 0 unspecified atom stereocenters. The minimum atomic E-state index is -0.0284. The van der Waals surface area contributed by atoms with Crippen LogP contribution in [-0.4, -0.2) is 32.8 Å². The molecule has 0 bridgehead atoms. The van der Waals surface area contributed by atoms with Gasteiger partial charge in [0.2, 0.25) is 5.91 Å². The van der Waals surface area contributed by atoms with Crippen molar-refractivity contribution in [2.24, 2.45) is 0 Å². The molecule has 0 aliphatic rings. The van der Waals surface area contributed by atoms with Crippen LogP contribution in [0.25, 0.3) is 0 Å². The Morgan fingerprint density at radius 1 is 1.26 bits per heavy atom. The van der Waals surface area contributed by atoms with Gasteiger partial charge in [-0.15, -0.1) is 0 Å². The Balaban J connectivity index is 2.35.